The van der Waals surface area contributed by atoms with Gasteiger partial charge in [-0.05, 0) is 56.7 Å². The van der Waals surface area contributed by atoms with Crippen molar-refractivity contribution >= 4 is 5.91 Å². The van der Waals surface area contributed by atoms with Gasteiger partial charge in [0.2, 0.25) is 0 Å². The molecule has 0 radical (unpaired) electrons. The van der Waals surface area contributed by atoms with E-state index in [2.05, 4.69) is 0 Å². The minimum Gasteiger partial charge on any atom is -0.497 e. The summed E-state index contributed by atoms with van der Waals surface area (Å²) in [5.74, 6) is 1.65. The molecule has 5 nitrogen and oxygen atoms in total. The molecule has 3 aromatic rings. The number of carbonyl (C=O) groups excluding carboxylic acids is 1. The van der Waals surface area contributed by atoms with E-state index in [-0.39, 0.29) is 5.91 Å². The van der Waals surface area contributed by atoms with Gasteiger partial charge in [-0.1, -0.05) is 17.7 Å². The van der Waals surface area contributed by atoms with Gasteiger partial charge in [0.25, 0.3) is 5.91 Å². The summed E-state index contributed by atoms with van der Waals surface area (Å²) in [6.07, 6.45) is 1.48. The average Bonchev–Trinajstić information content (AvgIpc) is 2.96. The molecular formula is C24H25N3O2. The zero-order valence-electron chi connectivity index (χ0n) is 17.1. The minimum atomic E-state index is 0.0773. The van der Waals surface area contributed by atoms with Crippen LogP contribution in [0.2, 0.25) is 0 Å². The third-order valence-corrected chi connectivity index (χ3v) is 5.40. The Morgan fingerprint density at radius 2 is 1.62 bits per heavy atom. The Hall–Kier alpha value is -3.21. The van der Waals surface area contributed by atoms with Crippen molar-refractivity contribution in [3.8, 4) is 17.0 Å². The number of fused-ring (bicyclic) bond motifs is 1. The molecule has 0 unspecified atom stereocenters. The van der Waals surface area contributed by atoms with Crippen molar-refractivity contribution in [2.24, 2.45) is 0 Å². The number of carbonyl (C=O) groups is 1. The van der Waals surface area contributed by atoms with E-state index in [1.807, 2.05) is 67.3 Å². The molecule has 1 amide bonds. The fraction of sp³-hybridized carbons (Fsp3) is 0.292. The summed E-state index contributed by atoms with van der Waals surface area (Å²) in [5, 5.41) is 0. The zero-order valence-corrected chi connectivity index (χ0v) is 17.1. The van der Waals surface area contributed by atoms with Gasteiger partial charge in [-0.3, -0.25) is 4.79 Å². The average molecular weight is 387 g/mol. The molecule has 5 heteroatoms. The van der Waals surface area contributed by atoms with Gasteiger partial charge in [-0.15, -0.1) is 0 Å². The summed E-state index contributed by atoms with van der Waals surface area (Å²) >= 11 is 0. The van der Waals surface area contributed by atoms with Crippen molar-refractivity contribution in [1.29, 1.82) is 0 Å². The van der Waals surface area contributed by atoms with Gasteiger partial charge in [0, 0.05) is 41.9 Å². The van der Waals surface area contributed by atoms with Crippen LogP contribution in [-0.4, -0.2) is 41.0 Å². The second kappa shape index (κ2) is 8.03. The number of nitrogens with zero attached hydrogens (tertiary/aromatic N) is 3. The molecule has 0 aliphatic carbocycles. The van der Waals surface area contributed by atoms with Crippen LogP contribution in [0.4, 0.5) is 0 Å². The molecule has 0 N–H and O–H groups in total. The van der Waals surface area contributed by atoms with Gasteiger partial charge in [0.1, 0.15) is 11.6 Å². The van der Waals surface area contributed by atoms with E-state index in [1.165, 1.54) is 0 Å². The Morgan fingerprint density at radius 1 is 0.931 bits per heavy atom. The van der Waals surface area contributed by atoms with Crippen molar-refractivity contribution in [1.82, 2.24) is 14.9 Å². The first-order valence-electron chi connectivity index (χ1n) is 9.92. The maximum atomic E-state index is 13.0. The van der Waals surface area contributed by atoms with E-state index < -0.39 is 0 Å². The molecule has 148 valence electrons. The number of benzene rings is 2. The van der Waals surface area contributed by atoms with Crippen LogP contribution in [0.25, 0.3) is 11.3 Å². The second-order valence-corrected chi connectivity index (χ2v) is 7.43. The molecule has 2 heterocycles. The lowest BCUT2D eigenvalue weighted by Gasteiger charge is -2.20. The maximum absolute atomic E-state index is 13.0. The summed E-state index contributed by atoms with van der Waals surface area (Å²) in [7, 11) is 1.66. The molecule has 2 aromatic carbocycles. The van der Waals surface area contributed by atoms with Crippen molar-refractivity contribution in [3.05, 3.63) is 76.7 Å². The topological polar surface area (TPSA) is 55.3 Å². The Morgan fingerprint density at radius 3 is 2.31 bits per heavy atom. The number of hydrogen-bond donors (Lipinski definition) is 0. The fourth-order valence-corrected chi connectivity index (χ4v) is 3.79. The Labute approximate surface area is 171 Å². The third kappa shape index (κ3) is 3.99. The monoisotopic (exact) mass is 387 g/mol. The van der Waals surface area contributed by atoms with E-state index in [4.69, 9.17) is 14.7 Å². The number of ether oxygens (including phenoxy) is 1. The first-order chi connectivity index (χ1) is 14.0. The predicted octanol–water partition coefficient (Wildman–Crippen LogP) is 4.01. The third-order valence-electron chi connectivity index (χ3n) is 5.40. The highest BCUT2D eigenvalue weighted by molar-refractivity contribution is 5.94. The molecule has 4 rings (SSSR count). The van der Waals surface area contributed by atoms with Crippen molar-refractivity contribution in [2.75, 3.05) is 20.2 Å². The first kappa shape index (κ1) is 19.1. The lowest BCUT2D eigenvalue weighted by molar-refractivity contribution is 0.0763. The van der Waals surface area contributed by atoms with Gasteiger partial charge in [-0.25, -0.2) is 9.97 Å². The summed E-state index contributed by atoms with van der Waals surface area (Å²) in [5.41, 5.74) is 6.08. The van der Waals surface area contributed by atoms with Crippen LogP contribution in [0, 0.1) is 13.8 Å². The number of methoxy groups -OCH3 is 1. The van der Waals surface area contributed by atoms with Gasteiger partial charge in [-0.2, -0.15) is 0 Å². The minimum absolute atomic E-state index is 0.0773. The van der Waals surface area contributed by atoms with Gasteiger partial charge in [0.05, 0.1) is 12.8 Å². The first-order valence-corrected chi connectivity index (χ1v) is 9.92. The molecule has 0 saturated heterocycles. The second-order valence-electron chi connectivity index (χ2n) is 7.43. The van der Waals surface area contributed by atoms with Crippen LogP contribution >= 0.6 is 0 Å². The van der Waals surface area contributed by atoms with Crippen LogP contribution in [0.1, 0.15) is 33.0 Å². The number of hydrogen-bond acceptors (Lipinski definition) is 4. The van der Waals surface area contributed by atoms with Crippen LogP contribution in [-0.2, 0) is 12.8 Å². The SMILES string of the molecule is COc1ccc(-c2nc(C)nc3c2CCN(C(=O)c2ccc(C)cc2)CC3)cc1. The number of rotatable bonds is 3. The Kier molecular flexibility index (Phi) is 5.30. The van der Waals surface area contributed by atoms with E-state index in [1.54, 1.807) is 7.11 Å². The number of amides is 1. The van der Waals surface area contributed by atoms with Crippen LogP contribution < -0.4 is 4.74 Å². The predicted molar refractivity (Wildman–Crippen MR) is 113 cm³/mol. The van der Waals surface area contributed by atoms with Crippen molar-refractivity contribution in [3.63, 3.8) is 0 Å². The zero-order chi connectivity index (χ0) is 20.4. The highest BCUT2D eigenvalue weighted by Crippen LogP contribution is 2.28. The van der Waals surface area contributed by atoms with Gasteiger partial charge in [0.15, 0.2) is 0 Å². The van der Waals surface area contributed by atoms with E-state index in [0.29, 0.717) is 13.1 Å². The van der Waals surface area contributed by atoms with Gasteiger partial charge < -0.3 is 9.64 Å². The molecule has 0 saturated carbocycles. The standard InChI is InChI=1S/C24H25N3O2/c1-16-4-6-19(7-5-16)24(28)27-14-12-21-22(13-15-27)25-17(2)26-23(21)18-8-10-20(29-3)11-9-18/h4-11H,12-15H2,1-3H3. The molecule has 0 spiro atoms. The fourth-order valence-electron chi connectivity index (χ4n) is 3.79. The molecule has 1 aliphatic rings. The van der Waals surface area contributed by atoms with Crippen molar-refractivity contribution < 1.29 is 9.53 Å². The van der Waals surface area contributed by atoms with E-state index >= 15 is 0 Å². The van der Waals surface area contributed by atoms with Gasteiger partial charge >= 0.3 is 0 Å². The van der Waals surface area contributed by atoms with Crippen LogP contribution in [0.5, 0.6) is 5.75 Å². The molecule has 0 fully saturated rings. The maximum Gasteiger partial charge on any atom is 0.253 e. The van der Waals surface area contributed by atoms with E-state index in [9.17, 15) is 4.79 Å². The smallest absolute Gasteiger partial charge is 0.253 e. The number of aromatic nitrogens is 2. The van der Waals surface area contributed by atoms with Crippen LogP contribution in [0.3, 0.4) is 0 Å². The largest absolute Gasteiger partial charge is 0.497 e. The Bertz CT molecular complexity index is 1030. The quantitative estimate of drug-likeness (QED) is 0.681. The molecule has 29 heavy (non-hydrogen) atoms. The molecule has 0 bridgehead atoms. The van der Waals surface area contributed by atoms with Crippen molar-refractivity contribution in [2.45, 2.75) is 26.7 Å². The summed E-state index contributed by atoms with van der Waals surface area (Å²) in [6.45, 7) is 5.28. The highest BCUT2D eigenvalue weighted by Gasteiger charge is 2.23. The van der Waals surface area contributed by atoms with Crippen LogP contribution in [0.15, 0.2) is 48.5 Å². The Balaban J connectivity index is 1.62. The lowest BCUT2D eigenvalue weighted by Crippen LogP contribution is -2.33. The molecule has 1 aromatic heterocycles. The number of aryl methyl sites for hydroxylation is 2. The lowest BCUT2D eigenvalue weighted by atomic mass is 10.0. The summed E-state index contributed by atoms with van der Waals surface area (Å²) in [6, 6.07) is 15.7. The van der Waals surface area contributed by atoms with E-state index in [0.717, 1.165) is 58.1 Å². The highest BCUT2D eigenvalue weighted by atomic mass is 16.5. The summed E-state index contributed by atoms with van der Waals surface area (Å²) < 4.78 is 5.27. The molecule has 0 atom stereocenters. The molecular weight excluding hydrogens is 362 g/mol. The summed E-state index contributed by atoms with van der Waals surface area (Å²) in [4.78, 5) is 24.3. The normalized spacial score (nSPS) is 13.6. The molecule has 1 aliphatic heterocycles.